The molecule has 109 valence electrons. The minimum Gasteiger partial charge on any atom is -0.464 e. The quantitative estimate of drug-likeness (QED) is 0.610. The van der Waals surface area contributed by atoms with Crippen molar-refractivity contribution in [2.75, 3.05) is 6.61 Å². The van der Waals surface area contributed by atoms with Crippen molar-refractivity contribution in [1.82, 2.24) is 5.73 Å². The summed E-state index contributed by atoms with van der Waals surface area (Å²) in [6.07, 6.45) is 7.51. The van der Waals surface area contributed by atoms with Crippen LogP contribution >= 0.6 is 0 Å². The topological polar surface area (TPSA) is 50.1 Å². The first-order valence-corrected chi connectivity index (χ1v) is 7.69. The van der Waals surface area contributed by atoms with Crippen LogP contribution in [0.4, 0.5) is 0 Å². The van der Waals surface area contributed by atoms with Crippen molar-refractivity contribution in [1.29, 1.82) is 0 Å². The Bertz CT molecular complexity index is 397. The van der Waals surface area contributed by atoms with Crippen molar-refractivity contribution in [2.45, 2.75) is 51.0 Å². The van der Waals surface area contributed by atoms with Crippen molar-refractivity contribution < 1.29 is 9.53 Å². The zero-order valence-corrected chi connectivity index (χ0v) is 12.0. The molecule has 3 nitrogen and oxygen atoms in total. The number of hydrogen-bond acceptors (Lipinski definition) is 2. The number of rotatable bonds is 5. The Kier molecular flexibility index (Phi) is 6.06. The van der Waals surface area contributed by atoms with Crippen LogP contribution in [0.2, 0.25) is 0 Å². The highest BCUT2D eigenvalue weighted by molar-refractivity contribution is 5.75. The third-order valence-electron chi connectivity index (χ3n) is 4.10. The number of hydrogen-bond donors (Lipinski definition) is 0. The lowest BCUT2D eigenvalue weighted by Crippen LogP contribution is -2.33. The van der Waals surface area contributed by atoms with Gasteiger partial charge in [0.15, 0.2) is 0 Å². The van der Waals surface area contributed by atoms with E-state index in [4.69, 9.17) is 10.5 Å². The molecule has 1 saturated carbocycles. The molecule has 1 atom stereocenters. The molecule has 1 fully saturated rings. The summed E-state index contributed by atoms with van der Waals surface area (Å²) < 4.78 is 5.28. The normalized spacial score (nSPS) is 18.2. The van der Waals surface area contributed by atoms with E-state index in [1.165, 1.54) is 12.8 Å². The van der Waals surface area contributed by atoms with Gasteiger partial charge in [0.25, 0.3) is 0 Å². The van der Waals surface area contributed by atoms with Gasteiger partial charge in [0.05, 0.1) is 6.61 Å². The van der Waals surface area contributed by atoms with Crippen LogP contribution in [0.25, 0.3) is 0 Å². The second kappa shape index (κ2) is 8.05. The van der Waals surface area contributed by atoms with Crippen LogP contribution in [0.1, 0.15) is 44.1 Å². The molecule has 1 aromatic carbocycles. The van der Waals surface area contributed by atoms with E-state index in [9.17, 15) is 4.79 Å². The van der Waals surface area contributed by atoms with Gasteiger partial charge in [-0.1, -0.05) is 56.0 Å². The molecule has 1 unspecified atom stereocenters. The first kappa shape index (κ1) is 15.0. The number of carbonyl (C=O) groups is 1. The summed E-state index contributed by atoms with van der Waals surface area (Å²) in [5.41, 5.74) is 9.24. The van der Waals surface area contributed by atoms with Gasteiger partial charge in [0.2, 0.25) is 0 Å². The molecule has 1 N–H and O–H groups in total. The van der Waals surface area contributed by atoms with Gasteiger partial charge in [-0.25, -0.2) is 5.73 Å². The van der Waals surface area contributed by atoms with E-state index < -0.39 is 6.04 Å². The maximum atomic E-state index is 11.9. The minimum absolute atomic E-state index is 0.196. The van der Waals surface area contributed by atoms with Gasteiger partial charge < -0.3 is 4.74 Å². The fraction of sp³-hybridized carbons (Fsp3) is 0.588. The maximum absolute atomic E-state index is 11.9. The Morgan fingerprint density at radius 1 is 1.15 bits per heavy atom. The largest absolute Gasteiger partial charge is 0.464 e. The van der Waals surface area contributed by atoms with Crippen LogP contribution in [-0.4, -0.2) is 18.6 Å². The highest BCUT2D eigenvalue weighted by Gasteiger charge is 2.27. The smallest absolute Gasteiger partial charge is 0.324 e. The molecule has 20 heavy (non-hydrogen) atoms. The molecule has 1 radical (unpaired) electrons. The Hall–Kier alpha value is -1.35. The Morgan fingerprint density at radius 2 is 1.80 bits per heavy atom. The van der Waals surface area contributed by atoms with E-state index in [1.807, 2.05) is 30.3 Å². The van der Waals surface area contributed by atoms with Crippen LogP contribution in [0.15, 0.2) is 30.3 Å². The second-order valence-corrected chi connectivity index (χ2v) is 5.63. The van der Waals surface area contributed by atoms with Crippen molar-refractivity contribution in [3.8, 4) is 0 Å². The number of carbonyl (C=O) groups excluding carboxylic acids is 1. The van der Waals surface area contributed by atoms with Crippen molar-refractivity contribution in [3.63, 3.8) is 0 Å². The number of esters is 1. The van der Waals surface area contributed by atoms with Crippen LogP contribution in [0.3, 0.4) is 0 Å². The molecule has 0 aromatic heterocycles. The lowest BCUT2D eigenvalue weighted by molar-refractivity contribution is -0.146. The number of ether oxygens (including phenoxy) is 1. The van der Waals surface area contributed by atoms with Gasteiger partial charge in [0.1, 0.15) is 6.04 Å². The van der Waals surface area contributed by atoms with Gasteiger partial charge in [-0.3, -0.25) is 4.79 Å². The molecule has 0 aliphatic heterocycles. The van der Waals surface area contributed by atoms with Gasteiger partial charge in [-0.15, -0.1) is 0 Å². The first-order chi connectivity index (χ1) is 9.77. The summed E-state index contributed by atoms with van der Waals surface area (Å²) >= 11 is 0. The van der Waals surface area contributed by atoms with Crippen LogP contribution in [0, 0.1) is 5.92 Å². The predicted octanol–water partition coefficient (Wildman–Crippen LogP) is 3.39. The lowest BCUT2D eigenvalue weighted by atomic mass is 9.92. The number of benzene rings is 1. The molecule has 1 aliphatic carbocycles. The Morgan fingerprint density at radius 3 is 2.45 bits per heavy atom. The highest BCUT2D eigenvalue weighted by atomic mass is 16.5. The van der Waals surface area contributed by atoms with Gasteiger partial charge in [0, 0.05) is 6.42 Å². The van der Waals surface area contributed by atoms with Crippen LogP contribution in [0.5, 0.6) is 0 Å². The molecule has 0 spiro atoms. The molecule has 1 aliphatic rings. The summed E-state index contributed by atoms with van der Waals surface area (Å²) in [6, 6.07) is 9.30. The van der Waals surface area contributed by atoms with Gasteiger partial charge >= 0.3 is 5.97 Å². The van der Waals surface area contributed by atoms with E-state index in [0.717, 1.165) is 37.7 Å². The fourth-order valence-electron chi connectivity index (χ4n) is 2.84. The van der Waals surface area contributed by atoms with E-state index in [2.05, 4.69) is 0 Å². The standard InChI is InChI=1S/C17H24NO2/c18-16(15-10-6-1-2-7-11-15)17(19)20-13-12-14-8-4-3-5-9-14/h3-5,8-9,15-16,18H,1-2,6-7,10-13H2. The molecule has 2 rings (SSSR count). The van der Waals surface area contributed by atoms with E-state index in [-0.39, 0.29) is 11.9 Å². The molecule has 0 heterocycles. The van der Waals surface area contributed by atoms with Crippen molar-refractivity contribution in [2.24, 2.45) is 5.92 Å². The average molecular weight is 274 g/mol. The van der Waals surface area contributed by atoms with E-state index in [0.29, 0.717) is 6.61 Å². The molecule has 3 heteroatoms. The first-order valence-electron chi connectivity index (χ1n) is 7.69. The molecule has 0 saturated heterocycles. The van der Waals surface area contributed by atoms with Crippen LogP contribution < -0.4 is 5.73 Å². The summed E-state index contributed by atoms with van der Waals surface area (Å²) in [4.78, 5) is 11.9. The molecule has 0 bridgehead atoms. The molecule has 1 aromatic rings. The maximum Gasteiger partial charge on any atom is 0.324 e. The SMILES string of the molecule is [NH]C(C(=O)OCCc1ccccc1)C1CCCCCC1. The molecule has 0 amide bonds. The highest BCUT2D eigenvalue weighted by Crippen LogP contribution is 2.25. The fourth-order valence-corrected chi connectivity index (χ4v) is 2.84. The van der Waals surface area contributed by atoms with Crippen molar-refractivity contribution >= 4 is 5.97 Å². The zero-order valence-electron chi connectivity index (χ0n) is 12.0. The molecular weight excluding hydrogens is 250 g/mol. The predicted molar refractivity (Wildman–Crippen MR) is 79.2 cm³/mol. The Labute approximate surface area is 121 Å². The monoisotopic (exact) mass is 274 g/mol. The van der Waals surface area contributed by atoms with E-state index >= 15 is 0 Å². The zero-order chi connectivity index (χ0) is 14.2. The Balaban J connectivity index is 1.73. The summed E-state index contributed by atoms with van der Waals surface area (Å²) in [6.45, 7) is 0.380. The summed E-state index contributed by atoms with van der Waals surface area (Å²) in [5, 5.41) is 0. The van der Waals surface area contributed by atoms with Gasteiger partial charge in [-0.05, 0) is 24.3 Å². The third-order valence-corrected chi connectivity index (χ3v) is 4.10. The minimum atomic E-state index is -0.691. The lowest BCUT2D eigenvalue weighted by Gasteiger charge is -2.19. The number of nitrogens with one attached hydrogen (secondary N) is 1. The van der Waals surface area contributed by atoms with Crippen molar-refractivity contribution in [3.05, 3.63) is 35.9 Å². The van der Waals surface area contributed by atoms with Crippen LogP contribution in [-0.2, 0) is 16.0 Å². The van der Waals surface area contributed by atoms with E-state index in [1.54, 1.807) is 0 Å². The molecular formula is C17H24NO2. The third kappa shape index (κ3) is 4.64. The second-order valence-electron chi connectivity index (χ2n) is 5.63. The van der Waals surface area contributed by atoms with Gasteiger partial charge in [-0.2, -0.15) is 0 Å². The average Bonchev–Trinajstić information content (AvgIpc) is 2.76. The summed E-state index contributed by atoms with van der Waals surface area (Å²) in [7, 11) is 0. The summed E-state index contributed by atoms with van der Waals surface area (Å²) in [5.74, 6) is -0.144.